The maximum atomic E-state index is 6.02. The maximum absolute atomic E-state index is 6.02. The number of ether oxygens (including phenoxy) is 1. The lowest BCUT2D eigenvalue weighted by Gasteiger charge is -2.36. The van der Waals surface area contributed by atoms with Gasteiger partial charge in [0, 0.05) is 45.3 Å². The van der Waals surface area contributed by atoms with Crippen LogP contribution < -0.4 is 10.6 Å². The van der Waals surface area contributed by atoms with Gasteiger partial charge in [-0.05, 0) is 45.2 Å². The van der Waals surface area contributed by atoms with Crippen LogP contribution in [0, 0.1) is 0 Å². The van der Waals surface area contributed by atoms with Crippen molar-refractivity contribution < 1.29 is 4.74 Å². The number of nitrogens with one attached hydrogen (secondary N) is 2. The highest BCUT2D eigenvalue weighted by Gasteiger charge is 2.32. The highest BCUT2D eigenvalue weighted by Crippen LogP contribution is 2.22. The number of aliphatic imine (C=N–C) groups is 1. The zero-order valence-corrected chi connectivity index (χ0v) is 18.2. The molecule has 7 heteroatoms. The molecule has 3 saturated heterocycles. The van der Waals surface area contributed by atoms with Crippen LogP contribution in [0.15, 0.2) is 4.99 Å². The molecule has 25 heavy (non-hydrogen) atoms. The smallest absolute Gasteiger partial charge is 0.191 e. The number of halogens is 1. The van der Waals surface area contributed by atoms with Crippen LogP contribution in [0.3, 0.4) is 0 Å². The van der Waals surface area contributed by atoms with Crippen molar-refractivity contribution in [1.82, 2.24) is 20.4 Å². The monoisotopic (exact) mass is 465 g/mol. The molecular weight excluding hydrogens is 429 g/mol. The average molecular weight is 465 g/mol. The van der Waals surface area contributed by atoms with E-state index in [4.69, 9.17) is 4.74 Å². The van der Waals surface area contributed by atoms with E-state index in [9.17, 15) is 0 Å². The number of fused-ring (bicyclic) bond motifs is 1. The molecule has 0 aromatic rings. The van der Waals surface area contributed by atoms with Gasteiger partial charge in [0.15, 0.2) is 5.96 Å². The van der Waals surface area contributed by atoms with Crippen LogP contribution in [-0.4, -0.2) is 86.9 Å². The van der Waals surface area contributed by atoms with Crippen molar-refractivity contribution in [2.24, 2.45) is 4.99 Å². The molecule has 0 bridgehead atoms. The summed E-state index contributed by atoms with van der Waals surface area (Å²) in [5, 5.41) is 7.07. The lowest BCUT2D eigenvalue weighted by molar-refractivity contribution is -0.0453. The lowest BCUT2D eigenvalue weighted by atomic mass is 10.1. The Hall–Kier alpha value is -0.120. The first-order chi connectivity index (χ1) is 11.8. The van der Waals surface area contributed by atoms with Crippen molar-refractivity contribution in [2.45, 2.75) is 57.2 Å². The Morgan fingerprint density at radius 3 is 2.72 bits per heavy atom. The topological polar surface area (TPSA) is 52.1 Å². The van der Waals surface area contributed by atoms with Gasteiger partial charge in [-0.1, -0.05) is 6.92 Å². The van der Waals surface area contributed by atoms with Crippen molar-refractivity contribution in [2.75, 3.05) is 52.9 Å². The van der Waals surface area contributed by atoms with E-state index in [1.807, 2.05) is 7.05 Å². The third kappa shape index (κ3) is 6.22. The first kappa shape index (κ1) is 21.2. The molecule has 3 fully saturated rings. The van der Waals surface area contributed by atoms with Crippen LogP contribution >= 0.6 is 24.0 Å². The lowest BCUT2D eigenvalue weighted by Crippen LogP contribution is -2.53. The third-order valence-electron chi connectivity index (χ3n) is 5.65. The summed E-state index contributed by atoms with van der Waals surface area (Å²) >= 11 is 0. The zero-order valence-electron chi connectivity index (χ0n) is 15.9. The second-order valence-electron chi connectivity index (χ2n) is 7.46. The molecule has 0 spiro atoms. The zero-order chi connectivity index (χ0) is 16.8. The van der Waals surface area contributed by atoms with Crippen molar-refractivity contribution in [3.05, 3.63) is 0 Å². The summed E-state index contributed by atoms with van der Waals surface area (Å²) in [5.74, 6) is 0.927. The standard InChI is InChI=1S/C18H35N5O.HI/c1-3-8-22-10-6-15(7-11-22)21-18(19-2)20-12-17-13-23-9-4-5-16(23)14-24-17;/h15-17H,3-14H2,1-2H3,(H2,19,20,21);1H. The fraction of sp³-hybridized carbons (Fsp3) is 0.944. The van der Waals surface area contributed by atoms with Crippen LogP contribution in [0.5, 0.6) is 0 Å². The molecule has 3 aliphatic rings. The highest BCUT2D eigenvalue weighted by atomic mass is 127. The third-order valence-corrected chi connectivity index (χ3v) is 5.65. The molecule has 146 valence electrons. The Balaban J connectivity index is 0.00000225. The van der Waals surface area contributed by atoms with Crippen molar-refractivity contribution in [1.29, 1.82) is 0 Å². The van der Waals surface area contributed by atoms with Gasteiger partial charge in [-0.15, -0.1) is 24.0 Å². The van der Waals surface area contributed by atoms with Gasteiger partial charge in [0.1, 0.15) is 0 Å². The minimum Gasteiger partial charge on any atom is -0.373 e. The number of guanidine groups is 1. The van der Waals surface area contributed by atoms with Crippen LogP contribution in [-0.2, 0) is 4.74 Å². The van der Waals surface area contributed by atoms with E-state index in [0.717, 1.165) is 25.7 Å². The van der Waals surface area contributed by atoms with Crippen LogP contribution in [0.1, 0.15) is 39.0 Å². The summed E-state index contributed by atoms with van der Waals surface area (Å²) in [6, 6.07) is 1.21. The van der Waals surface area contributed by atoms with Crippen LogP contribution in [0.25, 0.3) is 0 Å². The molecule has 2 atom stereocenters. The molecule has 2 unspecified atom stereocenters. The predicted molar refractivity (Wildman–Crippen MR) is 114 cm³/mol. The quantitative estimate of drug-likeness (QED) is 0.366. The van der Waals surface area contributed by atoms with E-state index in [-0.39, 0.29) is 30.1 Å². The largest absolute Gasteiger partial charge is 0.373 e. The second kappa shape index (κ2) is 10.9. The molecule has 3 aliphatic heterocycles. The van der Waals surface area contributed by atoms with Crippen LogP contribution in [0.4, 0.5) is 0 Å². The molecule has 3 rings (SSSR count). The van der Waals surface area contributed by atoms with Crippen molar-refractivity contribution >= 4 is 29.9 Å². The summed E-state index contributed by atoms with van der Waals surface area (Å²) in [6.45, 7) is 9.93. The number of morpholine rings is 1. The summed E-state index contributed by atoms with van der Waals surface area (Å²) in [5.41, 5.74) is 0. The summed E-state index contributed by atoms with van der Waals surface area (Å²) in [4.78, 5) is 9.56. The van der Waals surface area contributed by atoms with E-state index in [2.05, 4.69) is 32.3 Å². The summed E-state index contributed by atoms with van der Waals surface area (Å²) < 4.78 is 6.02. The minimum absolute atomic E-state index is 0. The summed E-state index contributed by atoms with van der Waals surface area (Å²) in [7, 11) is 1.86. The number of rotatable bonds is 5. The van der Waals surface area contributed by atoms with E-state index in [1.165, 1.54) is 58.3 Å². The molecule has 2 N–H and O–H groups in total. The number of hydrogen-bond acceptors (Lipinski definition) is 4. The molecule has 6 nitrogen and oxygen atoms in total. The van der Waals surface area contributed by atoms with Gasteiger partial charge in [0.2, 0.25) is 0 Å². The number of nitrogens with zero attached hydrogens (tertiary/aromatic N) is 3. The normalized spacial score (nSPS) is 29.1. The molecule has 0 aliphatic carbocycles. The van der Waals surface area contributed by atoms with Gasteiger partial charge < -0.3 is 20.3 Å². The maximum Gasteiger partial charge on any atom is 0.191 e. The van der Waals surface area contributed by atoms with E-state index < -0.39 is 0 Å². The Morgan fingerprint density at radius 1 is 1.20 bits per heavy atom. The molecule has 0 aromatic carbocycles. The average Bonchev–Trinajstić information content (AvgIpc) is 3.08. The Bertz CT molecular complexity index is 414. The molecule has 0 aromatic heterocycles. The van der Waals surface area contributed by atoms with Gasteiger partial charge >= 0.3 is 0 Å². The number of hydrogen-bond donors (Lipinski definition) is 2. The van der Waals surface area contributed by atoms with E-state index in [1.54, 1.807) is 0 Å². The second-order valence-corrected chi connectivity index (χ2v) is 7.46. The van der Waals surface area contributed by atoms with Crippen LogP contribution in [0.2, 0.25) is 0 Å². The van der Waals surface area contributed by atoms with Gasteiger partial charge in [-0.3, -0.25) is 9.89 Å². The first-order valence-corrected chi connectivity index (χ1v) is 9.83. The van der Waals surface area contributed by atoms with Gasteiger partial charge in [0.05, 0.1) is 12.7 Å². The Kier molecular flexibility index (Phi) is 9.23. The predicted octanol–water partition coefficient (Wildman–Crippen LogP) is 1.51. The Labute approximate surface area is 170 Å². The fourth-order valence-corrected chi connectivity index (χ4v) is 4.22. The Morgan fingerprint density at radius 2 is 2.00 bits per heavy atom. The number of likely N-dealkylation sites (tertiary alicyclic amines) is 1. The van der Waals surface area contributed by atoms with Gasteiger partial charge in [-0.2, -0.15) is 0 Å². The highest BCUT2D eigenvalue weighted by molar-refractivity contribution is 14.0. The van der Waals surface area contributed by atoms with Gasteiger partial charge in [-0.25, -0.2) is 0 Å². The van der Waals surface area contributed by atoms with Crippen molar-refractivity contribution in [3.63, 3.8) is 0 Å². The number of piperidine rings is 1. The minimum atomic E-state index is 0. The summed E-state index contributed by atoms with van der Waals surface area (Å²) in [6.07, 6.45) is 6.57. The molecule has 0 radical (unpaired) electrons. The molecule has 3 heterocycles. The van der Waals surface area contributed by atoms with E-state index >= 15 is 0 Å². The molecular formula is C18H36IN5O. The van der Waals surface area contributed by atoms with E-state index in [0.29, 0.717) is 12.1 Å². The van der Waals surface area contributed by atoms with Gasteiger partial charge in [0.25, 0.3) is 0 Å². The fourth-order valence-electron chi connectivity index (χ4n) is 4.22. The molecule has 0 amide bonds. The SMILES string of the molecule is CCCN1CCC(NC(=NC)NCC2CN3CCCC3CO2)CC1.I. The molecule has 0 saturated carbocycles. The first-order valence-electron chi connectivity index (χ1n) is 9.83. The van der Waals surface area contributed by atoms with Crippen molar-refractivity contribution in [3.8, 4) is 0 Å².